The lowest BCUT2D eigenvalue weighted by molar-refractivity contribution is -0.121. The maximum atomic E-state index is 11.5. The molecule has 17 heavy (non-hydrogen) atoms. The van der Waals surface area contributed by atoms with Crippen LogP contribution < -0.4 is 10.6 Å². The maximum Gasteiger partial charge on any atom is 0.221 e. The Balaban J connectivity index is 1.95. The van der Waals surface area contributed by atoms with Crippen molar-refractivity contribution in [3.05, 3.63) is 0 Å². The monoisotopic (exact) mass is 259 g/mol. The molecule has 0 unspecified atom stereocenters. The van der Waals surface area contributed by atoms with E-state index in [2.05, 4.69) is 29.4 Å². The zero-order chi connectivity index (χ0) is 12.5. The van der Waals surface area contributed by atoms with Gasteiger partial charge in [-0.1, -0.05) is 13.8 Å². The molecule has 0 spiro atoms. The number of thioether (sulfide) groups is 1. The average molecular weight is 259 g/mol. The van der Waals surface area contributed by atoms with Crippen LogP contribution in [-0.2, 0) is 4.79 Å². The molecule has 100 valence electrons. The van der Waals surface area contributed by atoms with E-state index in [4.69, 9.17) is 0 Å². The summed E-state index contributed by atoms with van der Waals surface area (Å²) in [4.78, 5) is 13.9. The van der Waals surface area contributed by atoms with Gasteiger partial charge in [0, 0.05) is 56.7 Å². The third kappa shape index (κ3) is 7.63. The van der Waals surface area contributed by atoms with E-state index in [9.17, 15) is 4.79 Å². The molecule has 0 aliphatic carbocycles. The van der Waals surface area contributed by atoms with Gasteiger partial charge in [-0.3, -0.25) is 9.69 Å². The summed E-state index contributed by atoms with van der Waals surface area (Å²) in [5.74, 6) is 2.61. The van der Waals surface area contributed by atoms with Crippen LogP contribution in [0, 0.1) is 0 Å². The molecule has 1 fully saturated rings. The molecular weight excluding hydrogens is 234 g/mol. The van der Waals surface area contributed by atoms with Crippen LogP contribution in [0.5, 0.6) is 0 Å². The standard InChI is InChI=1S/C12H25N3OS/c1-11(2)13-4-3-12(16)14-5-6-15-7-9-17-10-8-15/h11,13H,3-10H2,1-2H3,(H,14,16). The van der Waals surface area contributed by atoms with Crippen LogP contribution in [0.25, 0.3) is 0 Å². The fourth-order valence-corrected chi connectivity index (χ4v) is 2.72. The second-order valence-corrected chi connectivity index (χ2v) is 5.89. The summed E-state index contributed by atoms with van der Waals surface area (Å²) in [5.41, 5.74) is 0. The van der Waals surface area contributed by atoms with Crippen LogP contribution in [0.15, 0.2) is 0 Å². The Hall–Kier alpha value is -0.260. The number of nitrogens with one attached hydrogen (secondary N) is 2. The molecule has 1 aliphatic rings. The van der Waals surface area contributed by atoms with Gasteiger partial charge in [0.05, 0.1) is 0 Å². The molecule has 1 heterocycles. The van der Waals surface area contributed by atoms with E-state index in [1.807, 2.05) is 11.8 Å². The lowest BCUT2D eigenvalue weighted by atomic mass is 10.3. The van der Waals surface area contributed by atoms with Crippen LogP contribution >= 0.6 is 11.8 Å². The molecule has 5 heteroatoms. The SMILES string of the molecule is CC(C)NCCC(=O)NCCN1CCSCC1. The van der Waals surface area contributed by atoms with E-state index in [0.717, 1.165) is 32.7 Å². The van der Waals surface area contributed by atoms with Crippen molar-refractivity contribution in [1.82, 2.24) is 15.5 Å². The largest absolute Gasteiger partial charge is 0.355 e. The lowest BCUT2D eigenvalue weighted by Crippen LogP contribution is -2.39. The van der Waals surface area contributed by atoms with Crippen molar-refractivity contribution < 1.29 is 4.79 Å². The Bertz CT molecular complexity index is 218. The predicted octanol–water partition coefficient (Wildman–Crippen LogP) is 0.540. The van der Waals surface area contributed by atoms with Crippen molar-refractivity contribution in [2.24, 2.45) is 0 Å². The third-order valence-corrected chi connectivity index (χ3v) is 3.70. The van der Waals surface area contributed by atoms with E-state index in [-0.39, 0.29) is 5.91 Å². The van der Waals surface area contributed by atoms with Gasteiger partial charge in [0.15, 0.2) is 0 Å². The minimum Gasteiger partial charge on any atom is -0.355 e. The molecule has 1 amide bonds. The fourth-order valence-electron chi connectivity index (χ4n) is 1.74. The normalized spacial score (nSPS) is 17.4. The van der Waals surface area contributed by atoms with Gasteiger partial charge in [0.25, 0.3) is 0 Å². The highest BCUT2D eigenvalue weighted by Gasteiger charge is 2.09. The van der Waals surface area contributed by atoms with E-state index in [0.29, 0.717) is 12.5 Å². The summed E-state index contributed by atoms with van der Waals surface area (Å²) < 4.78 is 0. The van der Waals surface area contributed by atoms with Crippen molar-refractivity contribution in [2.75, 3.05) is 44.2 Å². The number of carbonyl (C=O) groups excluding carboxylic acids is 1. The summed E-state index contributed by atoms with van der Waals surface area (Å²) in [6, 6.07) is 0.452. The zero-order valence-corrected chi connectivity index (χ0v) is 11.8. The molecule has 0 radical (unpaired) electrons. The van der Waals surface area contributed by atoms with Gasteiger partial charge in [-0.2, -0.15) is 11.8 Å². The first kappa shape index (κ1) is 14.8. The quantitative estimate of drug-likeness (QED) is 0.700. The van der Waals surface area contributed by atoms with Crippen LogP contribution in [0.2, 0.25) is 0 Å². The zero-order valence-electron chi connectivity index (χ0n) is 11.0. The summed E-state index contributed by atoms with van der Waals surface area (Å²) in [7, 11) is 0. The van der Waals surface area contributed by atoms with Crippen molar-refractivity contribution in [1.29, 1.82) is 0 Å². The van der Waals surface area contributed by atoms with E-state index in [1.54, 1.807) is 0 Å². The first-order valence-electron chi connectivity index (χ1n) is 6.48. The Kier molecular flexibility index (Phi) is 7.64. The molecule has 0 bridgehead atoms. The smallest absolute Gasteiger partial charge is 0.221 e. The summed E-state index contributed by atoms with van der Waals surface area (Å²) in [6.45, 7) is 9.04. The number of carbonyl (C=O) groups is 1. The van der Waals surface area contributed by atoms with Gasteiger partial charge in [0.2, 0.25) is 5.91 Å². The Labute approximate surface area is 109 Å². The van der Waals surface area contributed by atoms with Crippen molar-refractivity contribution in [3.63, 3.8) is 0 Å². The highest BCUT2D eigenvalue weighted by atomic mass is 32.2. The number of hydrogen-bond acceptors (Lipinski definition) is 4. The van der Waals surface area contributed by atoms with Gasteiger partial charge in [-0.05, 0) is 0 Å². The molecule has 2 N–H and O–H groups in total. The van der Waals surface area contributed by atoms with Crippen LogP contribution in [0.1, 0.15) is 20.3 Å². The Morgan fingerprint density at radius 1 is 1.29 bits per heavy atom. The highest BCUT2D eigenvalue weighted by molar-refractivity contribution is 7.99. The predicted molar refractivity (Wildman–Crippen MR) is 74.5 cm³/mol. The molecule has 1 aliphatic heterocycles. The minimum absolute atomic E-state index is 0.157. The fraction of sp³-hybridized carbons (Fsp3) is 0.917. The number of rotatable bonds is 7. The molecule has 1 saturated heterocycles. The number of amides is 1. The van der Waals surface area contributed by atoms with Gasteiger partial charge >= 0.3 is 0 Å². The third-order valence-electron chi connectivity index (χ3n) is 2.76. The molecule has 0 atom stereocenters. The van der Waals surface area contributed by atoms with Crippen molar-refractivity contribution in [3.8, 4) is 0 Å². The number of hydrogen-bond donors (Lipinski definition) is 2. The maximum absolute atomic E-state index is 11.5. The van der Waals surface area contributed by atoms with E-state index < -0.39 is 0 Å². The molecule has 4 nitrogen and oxygen atoms in total. The Morgan fingerprint density at radius 2 is 2.00 bits per heavy atom. The first-order valence-corrected chi connectivity index (χ1v) is 7.64. The lowest BCUT2D eigenvalue weighted by Gasteiger charge is -2.26. The summed E-state index contributed by atoms with van der Waals surface area (Å²) >= 11 is 2.01. The van der Waals surface area contributed by atoms with Crippen LogP contribution in [-0.4, -0.2) is 61.1 Å². The number of nitrogens with zero attached hydrogens (tertiary/aromatic N) is 1. The molecule has 0 aromatic rings. The minimum atomic E-state index is 0.157. The van der Waals surface area contributed by atoms with Crippen LogP contribution in [0.4, 0.5) is 0 Å². The summed E-state index contributed by atoms with van der Waals surface area (Å²) in [6.07, 6.45) is 0.577. The van der Waals surface area contributed by atoms with Gasteiger partial charge < -0.3 is 10.6 Å². The molecular formula is C12H25N3OS. The molecule has 1 rings (SSSR count). The van der Waals surface area contributed by atoms with Crippen molar-refractivity contribution >= 4 is 17.7 Å². The van der Waals surface area contributed by atoms with Crippen molar-refractivity contribution in [2.45, 2.75) is 26.3 Å². The van der Waals surface area contributed by atoms with Crippen LogP contribution in [0.3, 0.4) is 0 Å². The summed E-state index contributed by atoms with van der Waals surface area (Å²) in [5, 5.41) is 6.22. The first-order chi connectivity index (χ1) is 8.18. The highest BCUT2D eigenvalue weighted by Crippen LogP contribution is 2.07. The van der Waals surface area contributed by atoms with E-state index in [1.165, 1.54) is 11.5 Å². The molecule has 0 saturated carbocycles. The Morgan fingerprint density at radius 3 is 2.65 bits per heavy atom. The van der Waals surface area contributed by atoms with Gasteiger partial charge in [-0.25, -0.2) is 0 Å². The second-order valence-electron chi connectivity index (χ2n) is 4.66. The average Bonchev–Trinajstić information content (AvgIpc) is 2.30. The van der Waals surface area contributed by atoms with Gasteiger partial charge in [-0.15, -0.1) is 0 Å². The molecule has 0 aromatic heterocycles. The van der Waals surface area contributed by atoms with E-state index >= 15 is 0 Å². The topological polar surface area (TPSA) is 44.4 Å². The van der Waals surface area contributed by atoms with Gasteiger partial charge in [0.1, 0.15) is 0 Å². The second kappa shape index (κ2) is 8.78. The molecule has 0 aromatic carbocycles.